The molecule has 0 amide bonds. The predicted octanol–water partition coefficient (Wildman–Crippen LogP) is 3.69. The Morgan fingerprint density at radius 3 is 2.45 bits per heavy atom. The van der Waals surface area contributed by atoms with E-state index < -0.39 is 0 Å². The van der Waals surface area contributed by atoms with Crippen LogP contribution in [0.5, 0.6) is 0 Å². The fourth-order valence-electron chi connectivity index (χ4n) is 3.07. The van der Waals surface area contributed by atoms with Gasteiger partial charge in [0.1, 0.15) is 0 Å². The third-order valence-corrected chi connectivity index (χ3v) is 4.84. The Balaban J connectivity index is 0.00000176. The van der Waals surface area contributed by atoms with Crippen LogP contribution in [-0.4, -0.2) is 25.6 Å². The molecular weight excluding hydrogens is 385 g/mol. The van der Waals surface area contributed by atoms with Crippen LogP contribution in [0.2, 0.25) is 0 Å². The van der Waals surface area contributed by atoms with Crippen LogP contribution in [0.15, 0.2) is 35.3 Å². The van der Waals surface area contributed by atoms with Crippen LogP contribution in [-0.2, 0) is 5.41 Å². The summed E-state index contributed by atoms with van der Waals surface area (Å²) in [6.07, 6.45) is 6.61. The van der Waals surface area contributed by atoms with E-state index in [1.54, 1.807) is 0 Å². The fourth-order valence-corrected chi connectivity index (χ4v) is 3.07. The normalized spacial score (nSPS) is 19.8. The third kappa shape index (κ3) is 4.37. The molecule has 0 aliphatic heterocycles. The van der Waals surface area contributed by atoms with Gasteiger partial charge in [0.15, 0.2) is 5.96 Å². The van der Waals surface area contributed by atoms with Gasteiger partial charge >= 0.3 is 0 Å². The molecule has 122 valence electrons. The van der Waals surface area contributed by atoms with Crippen molar-refractivity contribution in [3.63, 3.8) is 0 Å². The van der Waals surface area contributed by atoms with E-state index in [1.807, 2.05) is 0 Å². The topological polar surface area (TPSA) is 36.4 Å². The van der Waals surface area contributed by atoms with E-state index in [0.717, 1.165) is 31.5 Å². The highest BCUT2D eigenvalue weighted by Gasteiger charge is 2.38. The lowest BCUT2D eigenvalue weighted by molar-refractivity contribution is 0.253. The summed E-state index contributed by atoms with van der Waals surface area (Å²) >= 11 is 0. The Morgan fingerprint density at radius 2 is 1.91 bits per heavy atom. The van der Waals surface area contributed by atoms with Crippen LogP contribution in [0, 0.1) is 5.92 Å². The minimum atomic E-state index is 0. The first-order valence-electron chi connectivity index (χ1n) is 8.40. The van der Waals surface area contributed by atoms with E-state index >= 15 is 0 Å². The number of nitrogens with zero attached hydrogens (tertiary/aromatic N) is 1. The van der Waals surface area contributed by atoms with E-state index in [1.165, 1.54) is 37.7 Å². The zero-order valence-electron chi connectivity index (χ0n) is 13.5. The molecule has 0 bridgehead atoms. The molecule has 0 heterocycles. The number of guanidine groups is 1. The first-order valence-corrected chi connectivity index (χ1v) is 8.40. The molecule has 0 spiro atoms. The zero-order chi connectivity index (χ0) is 14.5. The number of rotatable bonds is 6. The first kappa shape index (κ1) is 17.6. The van der Waals surface area contributed by atoms with Gasteiger partial charge in [0.25, 0.3) is 0 Å². The lowest BCUT2D eigenvalue weighted by Crippen LogP contribution is -2.42. The van der Waals surface area contributed by atoms with Gasteiger partial charge in [-0.1, -0.05) is 36.8 Å². The van der Waals surface area contributed by atoms with Crippen molar-refractivity contribution in [3.05, 3.63) is 35.9 Å². The molecule has 2 fully saturated rings. The first-order chi connectivity index (χ1) is 10.3. The Labute approximate surface area is 151 Å². The predicted molar refractivity (Wildman–Crippen MR) is 104 cm³/mol. The maximum atomic E-state index is 4.88. The van der Waals surface area contributed by atoms with Gasteiger partial charge in [-0.3, -0.25) is 4.99 Å². The smallest absolute Gasteiger partial charge is 0.191 e. The lowest BCUT2D eigenvalue weighted by Gasteiger charge is -2.41. The van der Waals surface area contributed by atoms with Gasteiger partial charge in [-0.15, -0.1) is 24.0 Å². The van der Waals surface area contributed by atoms with Gasteiger partial charge in [-0.25, -0.2) is 0 Å². The molecule has 3 rings (SSSR count). The molecule has 2 aliphatic rings. The molecule has 0 aromatic heterocycles. The number of nitrogens with one attached hydrogen (secondary N) is 2. The summed E-state index contributed by atoms with van der Waals surface area (Å²) in [5.41, 5.74) is 1.74. The van der Waals surface area contributed by atoms with Crippen molar-refractivity contribution in [1.29, 1.82) is 0 Å². The van der Waals surface area contributed by atoms with Crippen molar-refractivity contribution in [2.24, 2.45) is 10.9 Å². The Kier molecular flexibility index (Phi) is 6.53. The van der Waals surface area contributed by atoms with Gasteiger partial charge in [0, 0.05) is 18.5 Å². The van der Waals surface area contributed by atoms with Crippen molar-refractivity contribution in [2.45, 2.75) is 44.4 Å². The number of hydrogen-bond acceptors (Lipinski definition) is 1. The fraction of sp³-hybridized carbons (Fsp3) is 0.611. The molecule has 4 heteroatoms. The molecule has 1 aromatic rings. The van der Waals surface area contributed by atoms with E-state index in [2.05, 4.69) is 47.9 Å². The second kappa shape index (κ2) is 8.18. The maximum Gasteiger partial charge on any atom is 0.191 e. The molecule has 2 N–H and O–H groups in total. The van der Waals surface area contributed by atoms with E-state index in [4.69, 9.17) is 4.99 Å². The van der Waals surface area contributed by atoms with Crippen molar-refractivity contribution < 1.29 is 0 Å². The molecular formula is C18H28IN3. The van der Waals surface area contributed by atoms with Gasteiger partial charge < -0.3 is 10.6 Å². The van der Waals surface area contributed by atoms with Gasteiger partial charge in [-0.05, 0) is 44.1 Å². The zero-order valence-corrected chi connectivity index (χ0v) is 15.8. The average molecular weight is 413 g/mol. The highest BCUT2D eigenvalue weighted by Crippen LogP contribution is 2.43. The molecule has 22 heavy (non-hydrogen) atoms. The van der Waals surface area contributed by atoms with Crippen LogP contribution < -0.4 is 10.6 Å². The van der Waals surface area contributed by atoms with Crippen molar-refractivity contribution in [3.8, 4) is 0 Å². The van der Waals surface area contributed by atoms with E-state index in [-0.39, 0.29) is 29.4 Å². The van der Waals surface area contributed by atoms with Crippen LogP contribution in [0.4, 0.5) is 0 Å². The summed E-state index contributed by atoms with van der Waals surface area (Å²) in [6, 6.07) is 10.9. The molecule has 0 radical (unpaired) electrons. The number of hydrogen-bond donors (Lipinski definition) is 2. The SMILES string of the molecule is CCNC(=NCC1(c2ccccc2)CCC1)NCC1CC1.I. The largest absolute Gasteiger partial charge is 0.357 e. The summed E-state index contributed by atoms with van der Waals surface area (Å²) < 4.78 is 0. The summed E-state index contributed by atoms with van der Waals surface area (Å²) in [5.74, 6) is 1.87. The van der Waals surface area contributed by atoms with Gasteiger partial charge in [0.05, 0.1) is 6.54 Å². The summed E-state index contributed by atoms with van der Waals surface area (Å²) in [6.45, 7) is 5.03. The average Bonchev–Trinajstić information content (AvgIpc) is 3.29. The summed E-state index contributed by atoms with van der Waals surface area (Å²) in [4.78, 5) is 4.88. The molecule has 1 aromatic carbocycles. The van der Waals surface area contributed by atoms with E-state index in [0.29, 0.717) is 0 Å². The number of benzene rings is 1. The maximum absolute atomic E-state index is 4.88. The van der Waals surface area contributed by atoms with Crippen LogP contribution in [0.3, 0.4) is 0 Å². The Hall–Kier alpha value is -0.780. The monoisotopic (exact) mass is 413 g/mol. The standard InChI is InChI=1S/C18H27N3.HI/c1-2-19-17(20-13-15-9-10-15)21-14-18(11-6-12-18)16-7-4-3-5-8-16;/h3-5,7-8,15H,2,6,9-14H2,1H3,(H2,19,20,21);1H. The van der Waals surface area contributed by atoms with Crippen LogP contribution in [0.1, 0.15) is 44.6 Å². The highest BCUT2D eigenvalue weighted by molar-refractivity contribution is 14.0. The minimum Gasteiger partial charge on any atom is -0.357 e. The van der Waals surface area contributed by atoms with Crippen molar-refractivity contribution in [1.82, 2.24) is 10.6 Å². The van der Waals surface area contributed by atoms with Gasteiger partial charge in [-0.2, -0.15) is 0 Å². The number of halogens is 1. The highest BCUT2D eigenvalue weighted by atomic mass is 127. The van der Waals surface area contributed by atoms with Gasteiger partial charge in [0.2, 0.25) is 0 Å². The van der Waals surface area contributed by atoms with E-state index in [9.17, 15) is 0 Å². The Bertz CT molecular complexity index is 478. The minimum absolute atomic E-state index is 0. The second-order valence-electron chi connectivity index (χ2n) is 6.52. The summed E-state index contributed by atoms with van der Waals surface area (Å²) in [7, 11) is 0. The summed E-state index contributed by atoms with van der Waals surface area (Å²) in [5, 5.41) is 6.87. The number of aliphatic imine (C=N–C) groups is 1. The van der Waals surface area contributed by atoms with Crippen molar-refractivity contribution >= 4 is 29.9 Å². The Morgan fingerprint density at radius 1 is 1.18 bits per heavy atom. The molecule has 3 nitrogen and oxygen atoms in total. The lowest BCUT2D eigenvalue weighted by atomic mass is 9.64. The third-order valence-electron chi connectivity index (χ3n) is 4.84. The second-order valence-corrected chi connectivity index (χ2v) is 6.52. The van der Waals surface area contributed by atoms with Crippen molar-refractivity contribution in [2.75, 3.05) is 19.6 Å². The quantitative estimate of drug-likeness (QED) is 0.424. The molecule has 2 saturated carbocycles. The van der Waals surface area contributed by atoms with Crippen LogP contribution >= 0.6 is 24.0 Å². The van der Waals surface area contributed by atoms with Crippen LogP contribution in [0.25, 0.3) is 0 Å². The molecule has 0 atom stereocenters. The molecule has 2 aliphatic carbocycles. The molecule has 0 unspecified atom stereocenters. The molecule has 0 saturated heterocycles.